The van der Waals surface area contributed by atoms with Gasteiger partial charge in [-0.25, -0.2) is 4.39 Å². The molecule has 0 bridgehead atoms. The highest BCUT2D eigenvalue weighted by atomic mass is 19.1. The SMILES string of the molecule is [O]OCF. The van der Waals surface area contributed by atoms with E-state index in [4.69, 9.17) is 5.26 Å². The average Bonchev–Trinajstić information content (AvgIpc) is 1.37. The summed E-state index contributed by atoms with van der Waals surface area (Å²) in [7, 11) is 0. The van der Waals surface area contributed by atoms with Crippen LogP contribution in [0.15, 0.2) is 0 Å². The van der Waals surface area contributed by atoms with Crippen molar-refractivity contribution in [2.24, 2.45) is 0 Å². The summed E-state index contributed by atoms with van der Waals surface area (Å²) in [4.78, 5) is 2.62. The van der Waals surface area contributed by atoms with Gasteiger partial charge in [0.25, 0.3) is 0 Å². The fraction of sp³-hybridized carbons (Fsp3) is 1.00. The summed E-state index contributed by atoms with van der Waals surface area (Å²) in [6, 6.07) is 0. The van der Waals surface area contributed by atoms with Crippen LogP contribution in [0.2, 0.25) is 0 Å². The molecular formula is CH2FO2. The lowest BCUT2D eigenvalue weighted by molar-refractivity contribution is -0.324. The maximum Gasteiger partial charge on any atom is 0.225 e. The highest BCUT2D eigenvalue weighted by Gasteiger charge is 1.62. The Balaban J connectivity index is 1.97. The van der Waals surface area contributed by atoms with Crippen LogP contribution in [0.1, 0.15) is 0 Å². The molecule has 0 spiro atoms. The molecule has 0 saturated heterocycles. The fourth-order valence-electron chi connectivity index (χ4n) is 0. The van der Waals surface area contributed by atoms with E-state index in [-0.39, 0.29) is 0 Å². The van der Waals surface area contributed by atoms with Crippen LogP contribution in [0, 0.1) is 0 Å². The molecule has 0 aliphatic carbocycles. The van der Waals surface area contributed by atoms with Gasteiger partial charge < -0.3 is 0 Å². The number of hydrogen-bond acceptors (Lipinski definition) is 1. The van der Waals surface area contributed by atoms with E-state index in [1.54, 1.807) is 0 Å². The average molecular weight is 65.0 g/mol. The third-order valence-electron chi connectivity index (χ3n) is 0.0445. The minimum Gasteiger partial charge on any atom is -0.216 e. The summed E-state index contributed by atoms with van der Waals surface area (Å²) in [5.74, 6) is 0. The second-order valence-electron chi connectivity index (χ2n) is 0.227. The number of halogens is 1. The maximum absolute atomic E-state index is 10.2. The zero-order valence-corrected chi connectivity index (χ0v) is 1.90. The molecule has 25 valence electrons. The normalized spacial score (nSPS) is 7.50. The van der Waals surface area contributed by atoms with Gasteiger partial charge in [0.2, 0.25) is 6.86 Å². The molecule has 0 amide bonds. The monoisotopic (exact) mass is 65.0 g/mol. The second kappa shape index (κ2) is 2.85. The third-order valence-corrected chi connectivity index (χ3v) is 0.0445. The molecule has 1 radical (unpaired) electrons. The van der Waals surface area contributed by atoms with Crippen LogP contribution in [0.5, 0.6) is 0 Å². The molecule has 4 heavy (non-hydrogen) atoms. The van der Waals surface area contributed by atoms with Gasteiger partial charge in [-0.3, -0.25) is 0 Å². The van der Waals surface area contributed by atoms with Crippen molar-refractivity contribution >= 4 is 0 Å². The quantitative estimate of drug-likeness (QED) is 0.318. The van der Waals surface area contributed by atoms with Gasteiger partial charge in [0.05, 0.1) is 0 Å². The minimum atomic E-state index is -1.24. The third kappa shape index (κ3) is 1.85. The first-order valence-electron chi connectivity index (χ1n) is 0.723. The van der Waals surface area contributed by atoms with E-state index in [2.05, 4.69) is 4.89 Å². The molecule has 0 fully saturated rings. The first-order valence-corrected chi connectivity index (χ1v) is 0.723. The molecule has 0 atom stereocenters. The van der Waals surface area contributed by atoms with Crippen LogP contribution < -0.4 is 0 Å². The molecule has 0 aliphatic rings. The van der Waals surface area contributed by atoms with Gasteiger partial charge in [0, 0.05) is 0 Å². The van der Waals surface area contributed by atoms with Crippen LogP contribution in [0.25, 0.3) is 0 Å². The first-order chi connectivity index (χ1) is 1.91. The van der Waals surface area contributed by atoms with Crippen molar-refractivity contribution in [3.63, 3.8) is 0 Å². The Morgan fingerprint density at radius 3 is 2.25 bits per heavy atom. The molecule has 0 aromatic rings. The zero-order valence-electron chi connectivity index (χ0n) is 1.90. The van der Waals surface area contributed by atoms with Crippen LogP contribution in [-0.4, -0.2) is 6.86 Å². The summed E-state index contributed by atoms with van der Waals surface area (Å²) in [5, 5.41) is 8.42. The first kappa shape index (κ1) is 3.85. The molecule has 0 aliphatic heterocycles. The topological polar surface area (TPSA) is 29.1 Å². The van der Waals surface area contributed by atoms with Crippen LogP contribution >= 0.6 is 0 Å². The second-order valence-corrected chi connectivity index (χ2v) is 0.227. The van der Waals surface area contributed by atoms with E-state index in [1.165, 1.54) is 0 Å². The Morgan fingerprint density at radius 1 is 2.00 bits per heavy atom. The number of rotatable bonds is 1. The van der Waals surface area contributed by atoms with Gasteiger partial charge in [-0.1, -0.05) is 0 Å². The number of alkyl halides is 1. The summed E-state index contributed by atoms with van der Waals surface area (Å²) >= 11 is 0. The summed E-state index contributed by atoms with van der Waals surface area (Å²) in [6.45, 7) is -1.24. The molecule has 2 nitrogen and oxygen atoms in total. The van der Waals surface area contributed by atoms with E-state index in [1.807, 2.05) is 0 Å². The lowest BCUT2D eigenvalue weighted by Crippen LogP contribution is -1.69. The standard InChI is InChI=1S/CH2FO2/c2-1-4-3/h1H2. The molecule has 0 aromatic carbocycles. The van der Waals surface area contributed by atoms with Crippen LogP contribution in [0.4, 0.5) is 4.39 Å². The van der Waals surface area contributed by atoms with Gasteiger partial charge in [0.1, 0.15) is 0 Å². The highest BCUT2D eigenvalue weighted by molar-refractivity contribution is 3.61. The Labute approximate surface area is 22.7 Å². The predicted octanol–water partition coefficient (Wildman–Crippen LogP) is 0.276. The molecule has 0 aromatic heterocycles. The lowest BCUT2D eigenvalue weighted by Gasteiger charge is -1.64. The van der Waals surface area contributed by atoms with E-state index < -0.39 is 6.86 Å². The van der Waals surface area contributed by atoms with Crippen molar-refractivity contribution in [2.75, 3.05) is 6.86 Å². The van der Waals surface area contributed by atoms with Crippen LogP contribution in [-0.2, 0) is 10.1 Å². The van der Waals surface area contributed by atoms with Gasteiger partial charge in [0.15, 0.2) is 0 Å². The number of hydrogen-bond donors (Lipinski definition) is 0. The Morgan fingerprint density at radius 2 is 2.25 bits per heavy atom. The molecule has 0 N–H and O–H groups in total. The van der Waals surface area contributed by atoms with E-state index in [0.29, 0.717) is 0 Å². The van der Waals surface area contributed by atoms with Gasteiger partial charge in [-0.15, -0.1) is 0 Å². The van der Waals surface area contributed by atoms with Gasteiger partial charge in [-0.2, -0.15) is 4.89 Å². The maximum atomic E-state index is 10.2. The molecule has 0 rings (SSSR count). The minimum absolute atomic E-state index is 1.24. The van der Waals surface area contributed by atoms with Crippen molar-refractivity contribution in [1.29, 1.82) is 0 Å². The Kier molecular flexibility index (Phi) is 2.74. The lowest BCUT2D eigenvalue weighted by atomic mass is 11.6. The Bertz CT molecular complexity index is 8.00. The summed E-state index contributed by atoms with van der Waals surface area (Å²) in [5.41, 5.74) is 0. The molecule has 0 unspecified atom stereocenters. The van der Waals surface area contributed by atoms with E-state index in [9.17, 15) is 4.39 Å². The van der Waals surface area contributed by atoms with E-state index in [0.717, 1.165) is 0 Å². The molecule has 0 heterocycles. The van der Waals surface area contributed by atoms with Gasteiger partial charge >= 0.3 is 0 Å². The van der Waals surface area contributed by atoms with Crippen molar-refractivity contribution in [3.8, 4) is 0 Å². The van der Waals surface area contributed by atoms with Crippen molar-refractivity contribution in [3.05, 3.63) is 0 Å². The van der Waals surface area contributed by atoms with Crippen molar-refractivity contribution in [2.45, 2.75) is 0 Å². The summed E-state index contributed by atoms with van der Waals surface area (Å²) < 4.78 is 10.2. The van der Waals surface area contributed by atoms with Gasteiger partial charge in [-0.05, 0) is 5.26 Å². The van der Waals surface area contributed by atoms with Crippen molar-refractivity contribution in [1.82, 2.24) is 0 Å². The van der Waals surface area contributed by atoms with E-state index >= 15 is 0 Å². The van der Waals surface area contributed by atoms with Crippen LogP contribution in [0.3, 0.4) is 0 Å². The Hall–Kier alpha value is -0.150. The largest absolute Gasteiger partial charge is 0.225 e. The summed E-state index contributed by atoms with van der Waals surface area (Å²) in [6.07, 6.45) is 0. The molecular weight excluding hydrogens is 63.0 g/mol. The molecule has 3 heteroatoms. The smallest absolute Gasteiger partial charge is 0.216 e. The fourth-order valence-corrected chi connectivity index (χ4v) is 0. The zero-order chi connectivity index (χ0) is 3.41. The molecule has 0 saturated carbocycles. The van der Waals surface area contributed by atoms with Crippen molar-refractivity contribution < 1.29 is 14.5 Å². The predicted molar refractivity (Wildman–Crippen MR) is 7.75 cm³/mol. The highest BCUT2D eigenvalue weighted by Crippen LogP contribution is 1.59.